The van der Waals surface area contributed by atoms with Crippen LogP contribution in [0.4, 0.5) is 0 Å². The van der Waals surface area contributed by atoms with Gasteiger partial charge < -0.3 is 14.4 Å². The molecule has 0 spiro atoms. The summed E-state index contributed by atoms with van der Waals surface area (Å²) in [5.74, 6) is -0.219. The van der Waals surface area contributed by atoms with Gasteiger partial charge >= 0.3 is 5.97 Å². The van der Waals surface area contributed by atoms with Gasteiger partial charge in [-0.05, 0) is 36.4 Å². The van der Waals surface area contributed by atoms with Crippen LogP contribution in [0.1, 0.15) is 30.0 Å². The molecule has 3 aromatic rings. The van der Waals surface area contributed by atoms with Crippen LogP contribution >= 0.6 is 11.6 Å². The molecule has 2 aromatic carbocycles. The number of nitrogens with zero attached hydrogens (tertiary/aromatic N) is 3. The van der Waals surface area contributed by atoms with E-state index in [-0.39, 0.29) is 30.2 Å². The highest BCUT2D eigenvalue weighted by Gasteiger charge is 2.23. The fourth-order valence-electron chi connectivity index (χ4n) is 3.32. The molecule has 0 unspecified atom stereocenters. The Balaban J connectivity index is 1.83. The monoisotopic (exact) mass is 465 g/mol. The Morgan fingerprint density at radius 3 is 2.61 bits per heavy atom. The predicted octanol–water partition coefficient (Wildman–Crippen LogP) is 3.07. The number of fused-ring (bicyclic) bond motifs is 1. The van der Waals surface area contributed by atoms with Crippen molar-refractivity contribution < 1.29 is 23.1 Å². The maximum atomic E-state index is 12.7. The van der Waals surface area contributed by atoms with Crippen LogP contribution in [-0.2, 0) is 27.9 Å². The molecule has 31 heavy (non-hydrogen) atoms. The van der Waals surface area contributed by atoms with Crippen molar-refractivity contribution in [2.45, 2.75) is 31.9 Å². The maximum absolute atomic E-state index is 12.7. The van der Waals surface area contributed by atoms with Gasteiger partial charge in [0.1, 0.15) is 12.4 Å². The molecule has 166 valence electrons. The molecule has 10 heteroatoms. The fourth-order valence-corrected chi connectivity index (χ4v) is 4.99. The zero-order valence-electron chi connectivity index (χ0n) is 17.3. The first-order valence-corrected chi connectivity index (χ1v) is 11.7. The number of benzene rings is 2. The summed E-state index contributed by atoms with van der Waals surface area (Å²) in [6.45, 7) is 4.18. The molecule has 0 saturated heterocycles. The van der Waals surface area contributed by atoms with Gasteiger partial charge in [-0.25, -0.2) is 18.2 Å². The van der Waals surface area contributed by atoms with Gasteiger partial charge in [-0.2, -0.15) is 4.31 Å². The number of hydrogen-bond donors (Lipinski definition) is 1. The van der Waals surface area contributed by atoms with Crippen LogP contribution in [0.15, 0.2) is 47.4 Å². The number of hydrogen-bond acceptors (Lipinski definition) is 6. The second-order valence-electron chi connectivity index (χ2n) is 6.73. The first-order valence-electron chi connectivity index (χ1n) is 9.84. The lowest BCUT2D eigenvalue weighted by Crippen LogP contribution is -2.30. The number of aliphatic hydroxyl groups is 1. The van der Waals surface area contributed by atoms with Crippen molar-refractivity contribution in [1.82, 2.24) is 13.9 Å². The maximum Gasteiger partial charge on any atom is 0.338 e. The molecular weight excluding hydrogens is 442 g/mol. The van der Waals surface area contributed by atoms with Gasteiger partial charge in [-0.3, -0.25) is 0 Å². The van der Waals surface area contributed by atoms with Crippen LogP contribution in [0.25, 0.3) is 11.0 Å². The second kappa shape index (κ2) is 9.78. The third-order valence-electron chi connectivity index (χ3n) is 4.86. The van der Waals surface area contributed by atoms with Crippen LogP contribution in [-0.4, -0.2) is 53.0 Å². The Bertz CT molecular complexity index is 1190. The zero-order valence-corrected chi connectivity index (χ0v) is 18.9. The van der Waals surface area contributed by atoms with E-state index in [1.54, 1.807) is 36.6 Å². The molecule has 0 saturated carbocycles. The van der Waals surface area contributed by atoms with Crippen molar-refractivity contribution in [3.63, 3.8) is 0 Å². The number of imidazole rings is 1. The SMILES string of the molecule is CCN(CC)S(=O)(=O)c1cccc(C(=O)OCc2nc3ccc(Cl)cc3n2CCO)c1. The van der Waals surface area contributed by atoms with Crippen molar-refractivity contribution in [1.29, 1.82) is 0 Å². The van der Waals surface area contributed by atoms with E-state index in [0.717, 1.165) is 5.52 Å². The standard InChI is InChI=1S/C21H24ClN3O5S/c1-3-24(4-2)31(28,29)17-7-5-6-15(12-17)21(27)30-14-20-23-18-9-8-16(22)13-19(18)25(20)10-11-26/h5-9,12-13,26H,3-4,10-11,14H2,1-2H3. The van der Waals surface area contributed by atoms with E-state index in [1.807, 2.05) is 0 Å². The third-order valence-corrected chi connectivity index (χ3v) is 7.14. The minimum absolute atomic E-state index is 0.0350. The molecule has 3 rings (SSSR count). The van der Waals surface area contributed by atoms with E-state index in [9.17, 15) is 18.3 Å². The molecule has 0 amide bonds. The van der Waals surface area contributed by atoms with Gasteiger partial charge in [0.15, 0.2) is 0 Å². The Kier molecular flexibility index (Phi) is 7.32. The molecule has 8 nitrogen and oxygen atoms in total. The molecular formula is C21H24ClN3O5S. The lowest BCUT2D eigenvalue weighted by atomic mass is 10.2. The van der Waals surface area contributed by atoms with Crippen LogP contribution in [0.5, 0.6) is 0 Å². The minimum atomic E-state index is -3.69. The Morgan fingerprint density at radius 1 is 1.19 bits per heavy atom. The van der Waals surface area contributed by atoms with Crippen LogP contribution in [0, 0.1) is 0 Å². The van der Waals surface area contributed by atoms with E-state index in [4.69, 9.17) is 16.3 Å². The molecule has 0 radical (unpaired) electrons. The summed E-state index contributed by atoms with van der Waals surface area (Å²) < 4.78 is 33.9. The van der Waals surface area contributed by atoms with Crippen molar-refractivity contribution in [3.05, 3.63) is 58.9 Å². The number of carbonyl (C=O) groups excluding carboxylic acids is 1. The van der Waals surface area contributed by atoms with Crippen molar-refractivity contribution in [3.8, 4) is 0 Å². The average Bonchev–Trinajstić information content (AvgIpc) is 3.09. The van der Waals surface area contributed by atoms with Gasteiger partial charge in [-0.1, -0.05) is 31.5 Å². The topological polar surface area (TPSA) is 102 Å². The van der Waals surface area contributed by atoms with Crippen LogP contribution < -0.4 is 0 Å². The Hall–Kier alpha value is -2.46. The number of ether oxygens (including phenoxy) is 1. The largest absolute Gasteiger partial charge is 0.454 e. The number of carbonyl (C=O) groups is 1. The van der Waals surface area contributed by atoms with Crippen LogP contribution in [0.2, 0.25) is 5.02 Å². The summed E-state index contributed by atoms with van der Waals surface area (Å²) >= 11 is 6.06. The van der Waals surface area contributed by atoms with E-state index in [1.165, 1.54) is 28.6 Å². The number of aromatic nitrogens is 2. The quantitative estimate of drug-likeness (QED) is 0.487. The van der Waals surface area contributed by atoms with E-state index >= 15 is 0 Å². The molecule has 0 aliphatic heterocycles. The summed E-state index contributed by atoms with van der Waals surface area (Å²) in [5, 5.41) is 9.92. The number of sulfonamides is 1. The smallest absolute Gasteiger partial charge is 0.338 e. The van der Waals surface area contributed by atoms with Crippen molar-refractivity contribution in [2.75, 3.05) is 19.7 Å². The van der Waals surface area contributed by atoms with Gasteiger partial charge in [0, 0.05) is 24.7 Å². The fraction of sp³-hybridized carbons (Fsp3) is 0.333. The number of halogens is 1. The molecule has 1 N–H and O–H groups in total. The Labute approximate surface area is 186 Å². The van der Waals surface area contributed by atoms with Gasteiger partial charge in [0.25, 0.3) is 0 Å². The van der Waals surface area contributed by atoms with Crippen molar-refractivity contribution >= 4 is 38.6 Å². The summed E-state index contributed by atoms with van der Waals surface area (Å²) in [7, 11) is -3.69. The molecule has 0 aliphatic rings. The highest BCUT2D eigenvalue weighted by molar-refractivity contribution is 7.89. The van der Waals surface area contributed by atoms with Crippen LogP contribution in [0.3, 0.4) is 0 Å². The summed E-state index contributed by atoms with van der Waals surface area (Å²) in [6.07, 6.45) is 0. The third kappa shape index (κ3) is 4.90. The highest BCUT2D eigenvalue weighted by Crippen LogP contribution is 2.22. The molecule has 1 heterocycles. The predicted molar refractivity (Wildman–Crippen MR) is 117 cm³/mol. The Morgan fingerprint density at radius 2 is 1.94 bits per heavy atom. The average molecular weight is 466 g/mol. The minimum Gasteiger partial charge on any atom is -0.454 e. The summed E-state index contributed by atoms with van der Waals surface area (Å²) in [5.41, 5.74) is 1.51. The van der Waals surface area contributed by atoms with E-state index < -0.39 is 16.0 Å². The number of rotatable bonds is 9. The first kappa shape index (κ1) is 23.2. The first-order chi connectivity index (χ1) is 14.8. The van der Waals surface area contributed by atoms with E-state index in [0.29, 0.717) is 29.5 Å². The molecule has 0 atom stereocenters. The summed E-state index contributed by atoms with van der Waals surface area (Å²) in [4.78, 5) is 17.1. The second-order valence-corrected chi connectivity index (χ2v) is 9.10. The summed E-state index contributed by atoms with van der Waals surface area (Å²) in [6, 6.07) is 11.0. The molecule has 0 bridgehead atoms. The molecule has 1 aromatic heterocycles. The zero-order chi connectivity index (χ0) is 22.6. The molecule has 0 fully saturated rings. The lowest BCUT2D eigenvalue weighted by molar-refractivity contribution is 0.0457. The van der Waals surface area contributed by atoms with Gasteiger partial charge in [0.2, 0.25) is 10.0 Å². The van der Waals surface area contributed by atoms with Crippen molar-refractivity contribution in [2.24, 2.45) is 0 Å². The highest BCUT2D eigenvalue weighted by atomic mass is 35.5. The number of aliphatic hydroxyl groups excluding tert-OH is 1. The van der Waals surface area contributed by atoms with E-state index in [2.05, 4.69) is 4.98 Å². The van der Waals surface area contributed by atoms with Gasteiger partial charge in [0.05, 0.1) is 28.1 Å². The van der Waals surface area contributed by atoms with Gasteiger partial charge in [-0.15, -0.1) is 0 Å². The molecule has 0 aliphatic carbocycles. The number of esters is 1. The lowest BCUT2D eigenvalue weighted by Gasteiger charge is -2.18. The normalized spacial score (nSPS) is 11.9.